The summed E-state index contributed by atoms with van der Waals surface area (Å²) in [5.74, 6) is 4.17. The number of ether oxygens (including phenoxy) is 2. The smallest absolute Gasteiger partial charge is 0.119 e. The first-order chi connectivity index (χ1) is 19.9. The zero-order chi connectivity index (χ0) is 29.0. The van der Waals surface area contributed by atoms with Crippen molar-refractivity contribution in [2.24, 2.45) is 11.8 Å². The third kappa shape index (κ3) is 5.79. The molecule has 2 nitrogen and oxygen atoms in total. The Balaban J connectivity index is 1.88. The highest BCUT2D eigenvalue weighted by Crippen LogP contribution is 2.58. The lowest BCUT2D eigenvalue weighted by Crippen LogP contribution is -2.32. The quantitative estimate of drug-likeness (QED) is 0.143. The highest BCUT2D eigenvalue weighted by atomic mass is 32.1. The van der Waals surface area contributed by atoms with Crippen molar-refractivity contribution in [3.05, 3.63) is 118 Å². The standard InChI is InChI=1S/C37H42O2S2/c1-25(2)21-27-23-29(38-17-19-40)13-15-33(27)37(34-16-14-30(39-18-20-41)24-28(34)22-26(3)4)35-11-7-5-9-31(35)32-10-6-8-12-36(32)37/h5-16,23-26,40-41H,17-22H2,1-4H3. The Morgan fingerprint density at radius 1 is 0.561 bits per heavy atom. The van der Waals surface area contributed by atoms with E-state index in [9.17, 15) is 0 Å². The van der Waals surface area contributed by atoms with Crippen molar-refractivity contribution < 1.29 is 9.47 Å². The summed E-state index contributed by atoms with van der Waals surface area (Å²) in [6.45, 7) is 10.4. The van der Waals surface area contributed by atoms with E-state index in [-0.39, 0.29) is 0 Å². The molecule has 0 amide bonds. The van der Waals surface area contributed by atoms with Crippen molar-refractivity contribution >= 4 is 25.3 Å². The SMILES string of the molecule is CC(C)Cc1cc(OCCS)ccc1C1(c2ccc(OCCS)cc2CC(C)C)c2ccccc2-c2ccccc21. The second kappa shape index (κ2) is 13.0. The molecule has 214 valence electrons. The zero-order valence-corrected chi connectivity index (χ0v) is 26.5. The second-order valence-electron chi connectivity index (χ2n) is 11.8. The minimum atomic E-state index is -0.466. The first-order valence-corrected chi connectivity index (χ1v) is 16.1. The van der Waals surface area contributed by atoms with Crippen molar-refractivity contribution in [2.75, 3.05) is 24.7 Å². The Kier molecular flexibility index (Phi) is 9.41. The van der Waals surface area contributed by atoms with Gasteiger partial charge < -0.3 is 9.47 Å². The third-order valence-electron chi connectivity index (χ3n) is 7.89. The Morgan fingerprint density at radius 3 is 1.37 bits per heavy atom. The number of hydrogen-bond donors (Lipinski definition) is 2. The lowest BCUT2D eigenvalue weighted by molar-refractivity contribution is 0.343. The van der Waals surface area contributed by atoms with E-state index >= 15 is 0 Å². The van der Waals surface area contributed by atoms with E-state index < -0.39 is 5.41 Å². The third-order valence-corrected chi connectivity index (χ3v) is 8.26. The average Bonchev–Trinajstić information content (AvgIpc) is 3.25. The van der Waals surface area contributed by atoms with Crippen molar-refractivity contribution in [1.82, 2.24) is 0 Å². The molecule has 0 radical (unpaired) electrons. The van der Waals surface area contributed by atoms with Gasteiger partial charge in [0.2, 0.25) is 0 Å². The first-order valence-electron chi connectivity index (χ1n) is 14.8. The summed E-state index contributed by atoms with van der Waals surface area (Å²) in [6.07, 6.45) is 1.92. The van der Waals surface area contributed by atoms with Gasteiger partial charge in [-0.3, -0.25) is 0 Å². The van der Waals surface area contributed by atoms with Crippen LogP contribution in [0.25, 0.3) is 11.1 Å². The van der Waals surface area contributed by atoms with E-state index in [0.717, 1.165) is 24.3 Å². The van der Waals surface area contributed by atoms with Crippen LogP contribution in [0.3, 0.4) is 0 Å². The average molecular weight is 583 g/mol. The molecule has 1 aliphatic rings. The fourth-order valence-corrected chi connectivity index (χ4v) is 6.74. The molecule has 0 saturated heterocycles. The summed E-state index contributed by atoms with van der Waals surface area (Å²) < 4.78 is 12.2. The molecule has 4 heteroatoms. The van der Waals surface area contributed by atoms with Gasteiger partial charge in [-0.2, -0.15) is 25.3 Å². The van der Waals surface area contributed by atoms with Crippen LogP contribution in [0.15, 0.2) is 84.9 Å². The molecule has 0 unspecified atom stereocenters. The van der Waals surface area contributed by atoms with Crippen LogP contribution in [0.5, 0.6) is 11.5 Å². The molecule has 0 spiro atoms. The Hall–Kier alpha value is -2.82. The van der Waals surface area contributed by atoms with Gasteiger partial charge >= 0.3 is 0 Å². The van der Waals surface area contributed by atoms with Gasteiger partial charge in [0, 0.05) is 11.5 Å². The van der Waals surface area contributed by atoms with Crippen LogP contribution in [-0.4, -0.2) is 24.7 Å². The summed E-state index contributed by atoms with van der Waals surface area (Å²) in [5.41, 5.74) is 10.1. The largest absolute Gasteiger partial charge is 0.493 e. The fourth-order valence-electron chi connectivity index (χ4n) is 6.56. The van der Waals surface area contributed by atoms with Gasteiger partial charge in [-0.25, -0.2) is 0 Å². The van der Waals surface area contributed by atoms with E-state index in [1.165, 1.54) is 44.5 Å². The van der Waals surface area contributed by atoms with Gasteiger partial charge in [-0.15, -0.1) is 0 Å². The van der Waals surface area contributed by atoms with E-state index in [0.29, 0.717) is 36.6 Å². The predicted octanol–water partition coefficient (Wildman–Crippen LogP) is 9.06. The summed E-state index contributed by atoms with van der Waals surface area (Å²) in [6, 6.07) is 31.5. The van der Waals surface area contributed by atoms with E-state index in [4.69, 9.17) is 9.47 Å². The second-order valence-corrected chi connectivity index (χ2v) is 12.7. The minimum Gasteiger partial charge on any atom is -0.493 e. The van der Waals surface area contributed by atoms with Crippen molar-refractivity contribution in [2.45, 2.75) is 46.0 Å². The Morgan fingerprint density at radius 2 is 0.976 bits per heavy atom. The molecule has 4 aromatic carbocycles. The van der Waals surface area contributed by atoms with Gasteiger partial charge in [0.15, 0.2) is 0 Å². The predicted molar refractivity (Wildman–Crippen MR) is 180 cm³/mol. The molecular weight excluding hydrogens is 541 g/mol. The highest BCUT2D eigenvalue weighted by Gasteiger charge is 2.48. The molecule has 0 bridgehead atoms. The maximum absolute atomic E-state index is 6.10. The number of thiol groups is 2. The van der Waals surface area contributed by atoms with Gasteiger partial charge in [0.1, 0.15) is 11.5 Å². The van der Waals surface area contributed by atoms with Crippen molar-refractivity contribution in [3.63, 3.8) is 0 Å². The number of rotatable bonds is 12. The van der Waals surface area contributed by atoms with E-state index in [1.54, 1.807) is 0 Å². The van der Waals surface area contributed by atoms with Crippen LogP contribution in [0.2, 0.25) is 0 Å². The van der Waals surface area contributed by atoms with Gasteiger partial charge in [0.25, 0.3) is 0 Å². The van der Waals surface area contributed by atoms with Crippen LogP contribution in [-0.2, 0) is 18.3 Å². The summed E-state index contributed by atoms with van der Waals surface area (Å²) in [4.78, 5) is 0. The van der Waals surface area contributed by atoms with Gasteiger partial charge in [0.05, 0.1) is 18.6 Å². The van der Waals surface area contributed by atoms with Gasteiger partial charge in [-0.05, 0) is 93.5 Å². The molecule has 4 aromatic rings. The molecule has 41 heavy (non-hydrogen) atoms. The topological polar surface area (TPSA) is 18.5 Å². The minimum absolute atomic E-state index is 0.466. The Bertz CT molecular complexity index is 1380. The summed E-state index contributed by atoms with van der Waals surface area (Å²) in [7, 11) is 0. The molecule has 0 atom stereocenters. The molecule has 0 fully saturated rings. The molecule has 0 aliphatic heterocycles. The van der Waals surface area contributed by atoms with Crippen molar-refractivity contribution in [1.29, 1.82) is 0 Å². The van der Waals surface area contributed by atoms with Gasteiger partial charge in [-0.1, -0.05) is 88.4 Å². The van der Waals surface area contributed by atoms with E-state index in [2.05, 4.69) is 138 Å². The van der Waals surface area contributed by atoms with Crippen LogP contribution in [0.1, 0.15) is 61.1 Å². The van der Waals surface area contributed by atoms with Crippen LogP contribution in [0.4, 0.5) is 0 Å². The van der Waals surface area contributed by atoms with Crippen LogP contribution < -0.4 is 9.47 Å². The number of hydrogen-bond acceptors (Lipinski definition) is 4. The Labute approximate surface area is 257 Å². The molecule has 0 heterocycles. The van der Waals surface area contributed by atoms with Crippen LogP contribution >= 0.6 is 25.3 Å². The monoisotopic (exact) mass is 582 g/mol. The van der Waals surface area contributed by atoms with Crippen molar-refractivity contribution in [3.8, 4) is 22.6 Å². The normalized spacial score (nSPS) is 13.4. The highest BCUT2D eigenvalue weighted by molar-refractivity contribution is 7.80. The molecule has 0 N–H and O–H groups in total. The maximum Gasteiger partial charge on any atom is 0.119 e. The molecule has 0 aromatic heterocycles. The summed E-state index contributed by atoms with van der Waals surface area (Å²) >= 11 is 8.75. The number of benzene rings is 4. The molecular formula is C37H42O2S2. The fraction of sp³-hybridized carbons (Fsp3) is 0.351. The lowest BCUT2D eigenvalue weighted by atomic mass is 9.64. The molecule has 5 rings (SSSR count). The number of fused-ring (bicyclic) bond motifs is 3. The maximum atomic E-state index is 6.10. The lowest BCUT2D eigenvalue weighted by Gasteiger charge is -2.38. The molecule has 1 aliphatic carbocycles. The van der Waals surface area contributed by atoms with E-state index in [1.807, 2.05) is 0 Å². The molecule has 0 saturated carbocycles. The van der Waals surface area contributed by atoms with Crippen LogP contribution in [0, 0.1) is 11.8 Å². The zero-order valence-electron chi connectivity index (χ0n) is 24.7. The summed E-state index contributed by atoms with van der Waals surface area (Å²) in [5, 5.41) is 0. The first kappa shape index (κ1) is 29.7.